The Morgan fingerprint density at radius 1 is 1.24 bits per heavy atom. The summed E-state index contributed by atoms with van der Waals surface area (Å²) in [5.41, 5.74) is 0.857. The molecule has 6 nitrogen and oxygen atoms in total. The van der Waals surface area contributed by atoms with Crippen LogP contribution in [0.2, 0.25) is 5.02 Å². The van der Waals surface area contributed by atoms with Gasteiger partial charge in [-0.2, -0.15) is 0 Å². The molecule has 3 rings (SSSR count). The molecule has 0 spiro atoms. The number of carbonyl (C=O) groups excluding carboxylic acids is 1. The second-order valence-corrected chi connectivity index (χ2v) is 10.4. The minimum absolute atomic E-state index is 0.00711. The topological polar surface area (TPSA) is 79.4 Å². The quantitative estimate of drug-likeness (QED) is 0.774. The van der Waals surface area contributed by atoms with Crippen LogP contribution in [0.15, 0.2) is 36.5 Å². The highest BCUT2D eigenvalue weighted by molar-refractivity contribution is 7.91. The van der Waals surface area contributed by atoms with Crippen molar-refractivity contribution in [2.24, 2.45) is 0 Å². The number of halogens is 2. The third kappa shape index (κ3) is 5.25. The maximum absolute atomic E-state index is 13.3. The molecule has 2 heterocycles. The SMILES string of the molecule is CC(C)(CNc1ccc(C(=O)N2CCS(=O)(=O)CC2)cn1)c1ccc(F)cc1Cl. The van der Waals surface area contributed by atoms with Gasteiger partial charge >= 0.3 is 0 Å². The van der Waals surface area contributed by atoms with Gasteiger partial charge in [0.1, 0.15) is 11.6 Å². The van der Waals surface area contributed by atoms with Crippen molar-refractivity contribution in [3.8, 4) is 0 Å². The van der Waals surface area contributed by atoms with Gasteiger partial charge in [0.15, 0.2) is 9.84 Å². The molecule has 1 aliphatic heterocycles. The third-order valence-electron chi connectivity index (χ3n) is 5.01. The lowest BCUT2D eigenvalue weighted by molar-refractivity contribution is 0.0770. The molecule has 0 unspecified atom stereocenters. The summed E-state index contributed by atoms with van der Waals surface area (Å²) in [5.74, 6) is -0.0261. The number of anilines is 1. The normalized spacial score (nSPS) is 16.5. The van der Waals surface area contributed by atoms with Crippen LogP contribution in [0.4, 0.5) is 10.2 Å². The number of hydrogen-bond acceptors (Lipinski definition) is 5. The Hall–Kier alpha value is -2.19. The van der Waals surface area contributed by atoms with E-state index in [4.69, 9.17) is 11.6 Å². The van der Waals surface area contributed by atoms with Gasteiger partial charge in [-0.3, -0.25) is 4.79 Å². The molecule has 1 fully saturated rings. The number of sulfone groups is 1. The van der Waals surface area contributed by atoms with Gasteiger partial charge in [0.2, 0.25) is 0 Å². The van der Waals surface area contributed by atoms with Crippen molar-refractivity contribution in [2.45, 2.75) is 19.3 Å². The number of rotatable bonds is 5. The summed E-state index contributed by atoms with van der Waals surface area (Å²) in [5, 5.41) is 3.58. The first-order chi connectivity index (χ1) is 13.6. The van der Waals surface area contributed by atoms with Gasteiger partial charge in [-0.1, -0.05) is 31.5 Å². The van der Waals surface area contributed by atoms with Gasteiger partial charge < -0.3 is 10.2 Å². The third-order valence-corrected chi connectivity index (χ3v) is 6.94. The van der Waals surface area contributed by atoms with Crippen LogP contribution in [0, 0.1) is 5.82 Å². The number of benzene rings is 1. The number of nitrogens with zero attached hydrogens (tertiary/aromatic N) is 2. The monoisotopic (exact) mass is 439 g/mol. The fraction of sp³-hybridized carbons (Fsp3) is 0.400. The summed E-state index contributed by atoms with van der Waals surface area (Å²) >= 11 is 6.18. The van der Waals surface area contributed by atoms with Gasteiger partial charge in [0.25, 0.3) is 5.91 Å². The summed E-state index contributed by atoms with van der Waals surface area (Å²) < 4.78 is 36.3. The zero-order valence-corrected chi connectivity index (χ0v) is 17.9. The maximum Gasteiger partial charge on any atom is 0.255 e. The molecule has 1 amide bonds. The van der Waals surface area contributed by atoms with Crippen molar-refractivity contribution in [3.05, 3.63) is 58.5 Å². The first-order valence-electron chi connectivity index (χ1n) is 9.23. The number of nitrogens with one attached hydrogen (secondary N) is 1. The summed E-state index contributed by atoms with van der Waals surface area (Å²) in [4.78, 5) is 18.3. The molecule has 1 aromatic heterocycles. The number of pyridine rings is 1. The highest BCUT2D eigenvalue weighted by atomic mass is 35.5. The molecule has 1 N–H and O–H groups in total. The molecule has 156 valence electrons. The average Bonchev–Trinajstić information content (AvgIpc) is 2.66. The van der Waals surface area contributed by atoms with Crippen molar-refractivity contribution in [2.75, 3.05) is 36.5 Å². The second-order valence-electron chi connectivity index (χ2n) is 7.74. The smallest absolute Gasteiger partial charge is 0.255 e. The molecule has 9 heteroatoms. The molecule has 1 aromatic carbocycles. The zero-order chi connectivity index (χ0) is 21.2. The first-order valence-corrected chi connectivity index (χ1v) is 11.4. The Morgan fingerprint density at radius 2 is 1.93 bits per heavy atom. The van der Waals surface area contributed by atoms with E-state index >= 15 is 0 Å². The molecule has 0 bridgehead atoms. The minimum atomic E-state index is -3.04. The highest BCUT2D eigenvalue weighted by Gasteiger charge is 2.26. The largest absolute Gasteiger partial charge is 0.369 e. The molecular formula is C20H23ClFN3O3S. The van der Waals surface area contributed by atoms with Gasteiger partial charge in [0, 0.05) is 36.3 Å². The van der Waals surface area contributed by atoms with E-state index in [2.05, 4.69) is 10.3 Å². The highest BCUT2D eigenvalue weighted by Crippen LogP contribution is 2.30. The van der Waals surface area contributed by atoms with E-state index in [-0.39, 0.29) is 41.7 Å². The van der Waals surface area contributed by atoms with Crippen LogP contribution < -0.4 is 5.32 Å². The lowest BCUT2D eigenvalue weighted by atomic mass is 9.84. The minimum Gasteiger partial charge on any atom is -0.369 e. The van der Waals surface area contributed by atoms with Crippen LogP contribution in [0.3, 0.4) is 0 Å². The molecule has 0 radical (unpaired) electrons. The summed E-state index contributed by atoms with van der Waals surface area (Å²) in [6, 6.07) is 7.72. The van der Waals surface area contributed by atoms with E-state index < -0.39 is 9.84 Å². The van der Waals surface area contributed by atoms with E-state index in [9.17, 15) is 17.6 Å². The predicted molar refractivity (Wildman–Crippen MR) is 112 cm³/mol. The van der Waals surface area contributed by atoms with E-state index in [0.29, 0.717) is 22.9 Å². The van der Waals surface area contributed by atoms with E-state index in [0.717, 1.165) is 5.56 Å². The van der Waals surface area contributed by atoms with E-state index in [1.165, 1.54) is 23.2 Å². The van der Waals surface area contributed by atoms with E-state index in [1.807, 2.05) is 13.8 Å². The van der Waals surface area contributed by atoms with Crippen molar-refractivity contribution in [3.63, 3.8) is 0 Å². The van der Waals surface area contributed by atoms with Gasteiger partial charge in [-0.05, 0) is 29.8 Å². The summed E-state index contributed by atoms with van der Waals surface area (Å²) in [7, 11) is -3.04. The lowest BCUT2D eigenvalue weighted by Crippen LogP contribution is -2.43. The molecular weight excluding hydrogens is 417 g/mol. The Morgan fingerprint density at radius 3 is 2.52 bits per heavy atom. The standard InChI is InChI=1S/C20H23ClFN3O3S/c1-20(2,16-5-4-15(22)11-17(16)21)13-24-18-6-3-14(12-23-18)19(26)25-7-9-29(27,28)10-8-25/h3-6,11-12H,7-10,13H2,1-2H3,(H,23,24). The molecule has 29 heavy (non-hydrogen) atoms. The van der Waals surface area contributed by atoms with Crippen molar-refractivity contribution in [1.29, 1.82) is 0 Å². The Kier molecular flexibility index (Phi) is 6.14. The molecule has 2 aromatic rings. The molecule has 1 saturated heterocycles. The Balaban J connectivity index is 1.62. The van der Waals surface area contributed by atoms with Crippen LogP contribution in [0.5, 0.6) is 0 Å². The van der Waals surface area contributed by atoms with Crippen LogP contribution in [0.1, 0.15) is 29.8 Å². The maximum atomic E-state index is 13.3. The Bertz CT molecular complexity index is 996. The fourth-order valence-electron chi connectivity index (χ4n) is 3.17. The second kappa shape index (κ2) is 8.28. The Labute approximate surface area is 175 Å². The van der Waals surface area contributed by atoms with Gasteiger partial charge in [-0.25, -0.2) is 17.8 Å². The number of hydrogen-bond donors (Lipinski definition) is 1. The fourth-order valence-corrected chi connectivity index (χ4v) is 4.79. The van der Waals surface area contributed by atoms with Crippen LogP contribution >= 0.6 is 11.6 Å². The van der Waals surface area contributed by atoms with Gasteiger partial charge in [0.05, 0.1) is 17.1 Å². The van der Waals surface area contributed by atoms with Crippen LogP contribution in [-0.4, -0.2) is 55.3 Å². The van der Waals surface area contributed by atoms with E-state index in [1.54, 1.807) is 18.2 Å². The number of carbonyl (C=O) groups is 1. The molecule has 0 saturated carbocycles. The predicted octanol–water partition coefficient (Wildman–Crippen LogP) is 3.13. The first kappa shape index (κ1) is 21.5. The molecule has 0 aliphatic carbocycles. The van der Waals surface area contributed by atoms with Crippen LogP contribution in [0.25, 0.3) is 0 Å². The summed E-state index contributed by atoms with van der Waals surface area (Å²) in [6.45, 7) is 4.88. The number of aromatic nitrogens is 1. The van der Waals surface area contributed by atoms with Crippen molar-refractivity contribution < 1.29 is 17.6 Å². The summed E-state index contributed by atoms with van der Waals surface area (Å²) in [6.07, 6.45) is 1.48. The zero-order valence-electron chi connectivity index (χ0n) is 16.3. The van der Waals surface area contributed by atoms with Crippen molar-refractivity contribution >= 4 is 33.2 Å². The van der Waals surface area contributed by atoms with Crippen molar-refractivity contribution in [1.82, 2.24) is 9.88 Å². The molecule has 0 atom stereocenters. The average molecular weight is 440 g/mol. The lowest BCUT2D eigenvalue weighted by Gasteiger charge is -2.27. The van der Waals surface area contributed by atoms with Crippen LogP contribution in [-0.2, 0) is 15.3 Å². The molecule has 1 aliphatic rings. The number of amides is 1. The van der Waals surface area contributed by atoms with Gasteiger partial charge in [-0.15, -0.1) is 0 Å².